The molecule has 0 aliphatic carbocycles. The van der Waals surface area contributed by atoms with Gasteiger partial charge in [0.2, 0.25) is 23.5 Å². The average molecular weight is 1260 g/mol. The van der Waals surface area contributed by atoms with Gasteiger partial charge < -0.3 is 52.9 Å². The molecule has 13 rings (SSSR count). The van der Waals surface area contributed by atoms with Crippen LogP contribution in [-0.2, 0) is 36.0 Å². The second kappa shape index (κ2) is 28.4. The van der Waals surface area contributed by atoms with Gasteiger partial charge >= 0.3 is 0 Å². The first-order valence-corrected chi connectivity index (χ1v) is 30.4. The van der Waals surface area contributed by atoms with E-state index in [1.165, 1.54) is 12.1 Å². The van der Waals surface area contributed by atoms with Crippen molar-refractivity contribution in [3.8, 4) is 52.6 Å². The van der Waals surface area contributed by atoms with Gasteiger partial charge in [-0.1, -0.05) is 133 Å². The summed E-state index contributed by atoms with van der Waals surface area (Å²) < 4.78 is 45.8. The van der Waals surface area contributed by atoms with Crippen molar-refractivity contribution >= 4 is 76.2 Å². The molecule has 0 radical (unpaired) electrons. The van der Waals surface area contributed by atoms with Gasteiger partial charge in [-0.15, -0.1) is 19.6 Å². The summed E-state index contributed by atoms with van der Waals surface area (Å²) in [5.74, 6) is 2.11. The van der Waals surface area contributed by atoms with E-state index in [0.717, 1.165) is 45.3 Å². The first kappa shape index (κ1) is 63.6. The summed E-state index contributed by atoms with van der Waals surface area (Å²) in [4.78, 5) is 44.3. The van der Waals surface area contributed by atoms with E-state index in [9.17, 15) is 48.5 Å². The molecule has 0 saturated carbocycles. The number of hydrogen-bond acceptors (Lipinski definition) is 18. The number of sulfone groups is 1. The maximum absolute atomic E-state index is 11.5. The second-order valence-electron chi connectivity index (χ2n) is 20.9. The minimum absolute atomic E-state index is 0.00774. The Morgan fingerprint density at radius 1 is 0.398 bits per heavy atom. The zero-order chi connectivity index (χ0) is 65.8. The Balaban J connectivity index is 0.000000136. The van der Waals surface area contributed by atoms with Crippen LogP contribution in [-0.4, -0.2) is 67.6 Å². The predicted molar refractivity (Wildman–Crippen MR) is 356 cm³/mol. The number of aromatic hydroxyl groups is 4. The molecule has 4 aromatic heterocycles. The van der Waals surface area contributed by atoms with E-state index in [0.29, 0.717) is 81.6 Å². The minimum atomic E-state index is -3.25. The van der Waals surface area contributed by atoms with Crippen molar-refractivity contribution in [2.45, 2.75) is 31.1 Å². The van der Waals surface area contributed by atoms with Crippen LogP contribution in [0.1, 0.15) is 27.8 Å². The van der Waals surface area contributed by atoms with Crippen molar-refractivity contribution < 1.29 is 43.1 Å². The van der Waals surface area contributed by atoms with Gasteiger partial charge in [-0.25, -0.2) is 8.42 Å². The molecular formula is C70H57N9O13S. The number of rotatable bonds is 17. The zero-order valence-corrected chi connectivity index (χ0v) is 50.8. The summed E-state index contributed by atoms with van der Waals surface area (Å²) in [7, 11) is -0.0899. The van der Waals surface area contributed by atoms with E-state index in [1.807, 2.05) is 115 Å². The lowest BCUT2D eigenvalue weighted by Gasteiger charge is -2.11. The number of nitriles is 1. The Labute approximate surface area is 531 Å². The van der Waals surface area contributed by atoms with Gasteiger partial charge in [0.1, 0.15) is 23.0 Å². The molecule has 4 heterocycles. The SMILES string of the molecule is COc1cc(Cn2c(O)c(N=O)c3ccccc32)cc(OC)c1.CS(=O)(=O)c1ccc(Cn2c(O)c(N=O)c3ccccc32)cc1.N#Cc1ccccc1Cn1c(O)c(N=O)c2ccccc21.O=Nc1c(O)n(Cc2cccc(Oc3ccccc3)c2)c2ccccc12. The molecule has 23 heteroatoms. The van der Waals surface area contributed by atoms with E-state index in [-0.39, 0.29) is 51.2 Å². The summed E-state index contributed by atoms with van der Waals surface area (Å²) in [6.07, 6.45) is 1.15. The number of benzene rings is 9. The number of fused-ring (bicyclic) bond motifs is 4. The van der Waals surface area contributed by atoms with Crippen molar-refractivity contribution in [3.05, 3.63) is 266 Å². The summed E-state index contributed by atoms with van der Waals surface area (Å²) in [5.41, 5.74) is 6.96. The molecule has 0 atom stereocenters. The maximum atomic E-state index is 11.5. The van der Waals surface area contributed by atoms with Crippen molar-refractivity contribution in [1.82, 2.24) is 18.3 Å². The standard InChI is InChI=1S/C21H16N2O3.C17H16N2O4.C16H11N3O2.C16H14N2O4S/c24-21-20(22-25)18-11-4-5-12-19(18)23(21)14-15-7-6-10-17(13-15)26-16-8-2-1-3-9-16;1-22-12-7-11(8-13(9-12)23-2)10-19-15-6-4-3-5-14(15)16(18-21)17(19)20;17-9-11-5-1-2-6-12(11)10-19-14-8-4-3-7-13(14)15(18-21)16(19)20;1-23(21,22)12-8-6-11(7-9-12)10-18-14-5-3-2-4-13(14)15(17-20)16(18)19/h1-13,24H,14H2;3-9,20H,10H2,1-2H3;1-8,20H,10H2;2-9,19H,10H2,1H3. The number of nitroso groups, excluding NO2 is 4. The molecule has 93 heavy (non-hydrogen) atoms. The molecule has 0 aliphatic rings. The molecule has 0 fully saturated rings. The van der Waals surface area contributed by atoms with Crippen LogP contribution in [0.15, 0.2) is 244 Å². The third-order valence-electron chi connectivity index (χ3n) is 15.2. The Kier molecular flexibility index (Phi) is 19.4. The average Bonchev–Trinajstić information content (AvgIpc) is 1.72. The van der Waals surface area contributed by atoms with Gasteiger partial charge in [0, 0.05) is 33.9 Å². The third kappa shape index (κ3) is 13.8. The van der Waals surface area contributed by atoms with Gasteiger partial charge in [0.15, 0.2) is 32.6 Å². The molecule has 0 saturated heterocycles. The molecule has 0 aliphatic heterocycles. The highest BCUT2D eigenvalue weighted by Crippen LogP contribution is 2.43. The maximum Gasteiger partial charge on any atom is 0.222 e. The van der Waals surface area contributed by atoms with Gasteiger partial charge in [0.05, 0.1) is 79.0 Å². The Bertz CT molecular complexity index is 5050. The molecule has 0 amide bonds. The lowest BCUT2D eigenvalue weighted by atomic mass is 10.1. The van der Waals surface area contributed by atoms with E-state index < -0.39 is 9.84 Å². The van der Waals surface area contributed by atoms with Crippen LogP contribution < -0.4 is 14.2 Å². The fourth-order valence-corrected chi connectivity index (χ4v) is 11.3. The molecule has 0 bridgehead atoms. The van der Waals surface area contributed by atoms with Crippen molar-refractivity contribution in [2.24, 2.45) is 20.7 Å². The summed E-state index contributed by atoms with van der Waals surface area (Å²) in [6, 6.07) is 67.1. The van der Waals surface area contributed by atoms with Gasteiger partial charge in [0.25, 0.3) is 0 Å². The Morgan fingerprint density at radius 3 is 1.18 bits per heavy atom. The highest BCUT2D eigenvalue weighted by atomic mass is 32.2. The molecule has 22 nitrogen and oxygen atoms in total. The topological polar surface area (TPSA) is 304 Å². The van der Waals surface area contributed by atoms with Crippen molar-refractivity contribution in [1.29, 1.82) is 5.26 Å². The summed E-state index contributed by atoms with van der Waals surface area (Å²) in [6.45, 7) is 1.35. The van der Waals surface area contributed by atoms with Crippen LogP contribution in [0.2, 0.25) is 0 Å². The molecule has 4 N–H and O–H groups in total. The molecule has 13 aromatic rings. The lowest BCUT2D eigenvalue weighted by molar-refractivity contribution is 0.392. The second-order valence-corrected chi connectivity index (χ2v) is 23.0. The highest BCUT2D eigenvalue weighted by molar-refractivity contribution is 7.90. The number of aromatic nitrogens is 4. The van der Waals surface area contributed by atoms with Crippen LogP contribution in [0, 0.1) is 31.0 Å². The largest absolute Gasteiger partial charge is 0.497 e. The molecular weight excluding hydrogens is 1210 g/mol. The first-order chi connectivity index (χ1) is 45.1. The van der Waals surface area contributed by atoms with E-state index in [1.54, 1.807) is 123 Å². The molecule has 0 unspecified atom stereocenters. The Morgan fingerprint density at radius 2 is 0.763 bits per heavy atom. The summed E-state index contributed by atoms with van der Waals surface area (Å²) >= 11 is 0. The molecule has 0 spiro atoms. The smallest absolute Gasteiger partial charge is 0.222 e. The van der Waals surface area contributed by atoms with E-state index in [2.05, 4.69) is 26.8 Å². The normalized spacial score (nSPS) is 10.9. The van der Waals surface area contributed by atoms with Crippen LogP contribution in [0.4, 0.5) is 22.7 Å². The minimum Gasteiger partial charge on any atom is -0.497 e. The molecule has 466 valence electrons. The van der Waals surface area contributed by atoms with E-state index in [4.69, 9.17) is 19.5 Å². The van der Waals surface area contributed by atoms with Gasteiger partial charge in [-0.2, -0.15) is 5.26 Å². The number of ether oxygens (including phenoxy) is 3. The van der Waals surface area contributed by atoms with Gasteiger partial charge in [-0.3, -0.25) is 0 Å². The number of hydrogen-bond donors (Lipinski definition) is 4. The zero-order valence-electron chi connectivity index (χ0n) is 50.0. The van der Waals surface area contributed by atoms with Crippen LogP contribution in [0.25, 0.3) is 43.6 Å². The number of nitrogens with zero attached hydrogens (tertiary/aromatic N) is 9. The fourth-order valence-electron chi connectivity index (χ4n) is 10.7. The number of para-hydroxylation sites is 5. The van der Waals surface area contributed by atoms with Crippen LogP contribution in [0.3, 0.4) is 0 Å². The highest BCUT2D eigenvalue weighted by Gasteiger charge is 2.22. The lowest BCUT2D eigenvalue weighted by Crippen LogP contribution is -2.01. The van der Waals surface area contributed by atoms with Crippen molar-refractivity contribution in [3.63, 3.8) is 0 Å². The Hall–Kier alpha value is -12.4. The van der Waals surface area contributed by atoms with Gasteiger partial charge in [-0.05, 0) is 122 Å². The monoisotopic (exact) mass is 1260 g/mol. The van der Waals surface area contributed by atoms with Crippen molar-refractivity contribution in [2.75, 3.05) is 20.5 Å². The first-order valence-electron chi connectivity index (χ1n) is 28.5. The summed E-state index contributed by atoms with van der Waals surface area (Å²) in [5, 5.41) is 64.5. The van der Waals surface area contributed by atoms with E-state index >= 15 is 0 Å². The quantitative estimate of drug-likeness (QED) is 0.0616. The van der Waals surface area contributed by atoms with Crippen LogP contribution >= 0.6 is 0 Å². The third-order valence-corrected chi connectivity index (χ3v) is 16.3. The number of methoxy groups -OCH3 is 2. The fraction of sp³-hybridized carbons (Fsp3) is 0.100. The predicted octanol–water partition coefficient (Wildman–Crippen LogP) is 16.3. The van der Waals surface area contributed by atoms with Crippen LogP contribution in [0.5, 0.6) is 46.5 Å². The molecule has 9 aromatic carbocycles.